The first-order valence-corrected chi connectivity index (χ1v) is 7.77. The third-order valence-corrected chi connectivity index (χ3v) is 5.00. The number of halogens is 1. The maximum atomic E-state index is 6.03. The van der Waals surface area contributed by atoms with Gasteiger partial charge in [0.25, 0.3) is 0 Å². The van der Waals surface area contributed by atoms with Crippen molar-refractivity contribution < 1.29 is 0 Å². The van der Waals surface area contributed by atoms with E-state index in [2.05, 4.69) is 27.8 Å². The van der Waals surface area contributed by atoms with Crippen molar-refractivity contribution in [2.75, 3.05) is 5.73 Å². The molecular weight excluding hydrogens is 290 g/mol. The van der Waals surface area contributed by atoms with E-state index in [9.17, 15) is 0 Å². The third-order valence-electron chi connectivity index (χ3n) is 4.19. The van der Waals surface area contributed by atoms with E-state index >= 15 is 0 Å². The van der Waals surface area contributed by atoms with Gasteiger partial charge in [-0.1, -0.05) is 19.8 Å². The summed E-state index contributed by atoms with van der Waals surface area (Å²) in [5, 5.41) is 0. The summed E-state index contributed by atoms with van der Waals surface area (Å²) in [5.41, 5.74) is 7.18. The Morgan fingerprint density at radius 2 is 1.89 bits per heavy atom. The van der Waals surface area contributed by atoms with Gasteiger partial charge in [0.2, 0.25) is 0 Å². The molecule has 0 saturated heterocycles. The van der Waals surface area contributed by atoms with Gasteiger partial charge in [-0.25, -0.2) is 9.97 Å². The van der Waals surface area contributed by atoms with Crippen molar-refractivity contribution in [1.82, 2.24) is 9.97 Å². The molecule has 2 unspecified atom stereocenters. The average molecular weight is 310 g/mol. The molecule has 2 aliphatic rings. The highest BCUT2D eigenvalue weighted by Crippen LogP contribution is 2.44. The fraction of sp³-hybridized carbons (Fsp3) is 0.714. The Balaban J connectivity index is 1.91. The van der Waals surface area contributed by atoms with Gasteiger partial charge in [-0.2, -0.15) is 0 Å². The summed E-state index contributed by atoms with van der Waals surface area (Å²) in [7, 11) is 0. The molecule has 0 aromatic carbocycles. The summed E-state index contributed by atoms with van der Waals surface area (Å²) < 4.78 is 0.928. The van der Waals surface area contributed by atoms with Gasteiger partial charge in [0.15, 0.2) is 0 Å². The molecule has 1 aromatic heterocycles. The predicted molar refractivity (Wildman–Crippen MR) is 76.5 cm³/mol. The second-order valence-corrected chi connectivity index (χ2v) is 6.70. The lowest BCUT2D eigenvalue weighted by atomic mass is 9.82. The minimum absolute atomic E-state index is 0.515. The molecule has 2 N–H and O–H groups in total. The first-order valence-electron chi connectivity index (χ1n) is 6.98. The number of nitrogen functional groups attached to an aromatic ring is 1. The number of aromatic nitrogens is 2. The van der Waals surface area contributed by atoms with Crippen molar-refractivity contribution in [1.29, 1.82) is 0 Å². The zero-order chi connectivity index (χ0) is 12.7. The van der Waals surface area contributed by atoms with E-state index in [1.165, 1.54) is 38.5 Å². The van der Waals surface area contributed by atoms with Crippen molar-refractivity contribution in [3.05, 3.63) is 16.0 Å². The van der Waals surface area contributed by atoms with Gasteiger partial charge in [-0.3, -0.25) is 0 Å². The molecule has 18 heavy (non-hydrogen) atoms. The Bertz CT molecular complexity index is 457. The Morgan fingerprint density at radius 1 is 1.11 bits per heavy atom. The van der Waals surface area contributed by atoms with Crippen LogP contribution >= 0.6 is 15.9 Å². The monoisotopic (exact) mass is 309 g/mol. The lowest BCUT2D eigenvalue weighted by Gasteiger charge is -2.26. The minimum atomic E-state index is 0.515. The van der Waals surface area contributed by atoms with Crippen LogP contribution in [0.3, 0.4) is 0 Å². The van der Waals surface area contributed by atoms with Crippen LogP contribution in [0, 0.1) is 5.92 Å². The van der Waals surface area contributed by atoms with Crippen LogP contribution in [0.15, 0.2) is 4.47 Å². The van der Waals surface area contributed by atoms with Crippen LogP contribution in [0.4, 0.5) is 5.82 Å². The number of hydrogen-bond acceptors (Lipinski definition) is 3. The molecule has 4 heteroatoms. The van der Waals surface area contributed by atoms with Gasteiger partial charge in [0.05, 0.1) is 10.2 Å². The lowest BCUT2D eigenvalue weighted by Crippen LogP contribution is -2.16. The van der Waals surface area contributed by atoms with E-state index < -0.39 is 0 Å². The maximum absolute atomic E-state index is 6.03. The summed E-state index contributed by atoms with van der Waals surface area (Å²) in [5.74, 6) is 3.54. The third kappa shape index (κ3) is 2.40. The van der Waals surface area contributed by atoms with Crippen molar-refractivity contribution in [3.63, 3.8) is 0 Å². The van der Waals surface area contributed by atoms with Gasteiger partial charge in [-0.05, 0) is 47.5 Å². The quantitative estimate of drug-likeness (QED) is 0.898. The molecule has 3 rings (SSSR count). The second kappa shape index (κ2) is 4.80. The topological polar surface area (TPSA) is 51.8 Å². The van der Waals surface area contributed by atoms with E-state index in [1.54, 1.807) is 0 Å². The first kappa shape index (κ1) is 12.4. The summed E-state index contributed by atoms with van der Waals surface area (Å²) >= 11 is 3.54. The van der Waals surface area contributed by atoms with Gasteiger partial charge in [0, 0.05) is 11.8 Å². The molecule has 1 aromatic rings. The fourth-order valence-electron chi connectivity index (χ4n) is 2.98. The molecule has 0 spiro atoms. The highest BCUT2D eigenvalue weighted by molar-refractivity contribution is 9.10. The maximum Gasteiger partial charge on any atom is 0.141 e. The molecule has 98 valence electrons. The van der Waals surface area contributed by atoms with E-state index in [0.29, 0.717) is 17.7 Å². The van der Waals surface area contributed by atoms with Crippen molar-refractivity contribution in [3.8, 4) is 0 Å². The molecule has 0 bridgehead atoms. The van der Waals surface area contributed by atoms with Crippen LogP contribution in [0.2, 0.25) is 0 Å². The molecule has 2 saturated carbocycles. The number of nitrogens with two attached hydrogens (primary N) is 1. The molecule has 0 aliphatic heterocycles. The number of anilines is 1. The van der Waals surface area contributed by atoms with E-state index in [1.807, 2.05) is 0 Å². The Hall–Kier alpha value is -0.640. The lowest BCUT2D eigenvalue weighted by molar-refractivity contribution is 0.335. The number of hydrogen-bond donors (Lipinski definition) is 1. The summed E-state index contributed by atoms with van der Waals surface area (Å²) in [6.45, 7) is 2.33. The van der Waals surface area contributed by atoms with Crippen molar-refractivity contribution in [2.24, 2.45) is 5.92 Å². The Kier molecular flexibility index (Phi) is 3.31. The van der Waals surface area contributed by atoms with E-state index in [4.69, 9.17) is 10.7 Å². The van der Waals surface area contributed by atoms with E-state index in [0.717, 1.165) is 21.9 Å². The van der Waals surface area contributed by atoms with Crippen molar-refractivity contribution >= 4 is 21.7 Å². The molecule has 1 heterocycles. The molecular formula is C14H20BrN3. The van der Waals surface area contributed by atoms with Crippen LogP contribution in [-0.2, 0) is 0 Å². The van der Waals surface area contributed by atoms with Crippen LogP contribution in [-0.4, -0.2) is 9.97 Å². The average Bonchev–Trinajstić information content (AvgIpc) is 3.16. The number of rotatable bonds is 2. The van der Waals surface area contributed by atoms with Crippen LogP contribution in [0.25, 0.3) is 0 Å². The molecule has 0 radical (unpaired) electrons. The smallest absolute Gasteiger partial charge is 0.141 e. The Labute approximate surface area is 117 Å². The zero-order valence-corrected chi connectivity index (χ0v) is 12.4. The fourth-order valence-corrected chi connectivity index (χ4v) is 3.48. The van der Waals surface area contributed by atoms with Gasteiger partial charge < -0.3 is 5.73 Å². The normalized spacial score (nSPS) is 28.3. The SMILES string of the molecule is CC1CCCC(c2nc(N)c(Br)c(C3CC3)n2)C1. The van der Waals surface area contributed by atoms with E-state index in [-0.39, 0.29) is 0 Å². The largest absolute Gasteiger partial charge is 0.383 e. The summed E-state index contributed by atoms with van der Waals surface area (Å²) in [6, 6.07) is 0. The van der Waals surface area contributed by atoms with Gasteiger partial charge >= 0.3 is 0 Å². The van der Waals surface area contributed by atoms with Crippen LogP contribution < -0.4 is 5.73 Å². The van der Waals surface area contributed by atoms with Crippen LogP contribution in [0.1, 0.15) is 68.8 Å². The molecule has 2 fully saturated rings. The molecule has 2 aliphatic carbocycles. The molecule has 3 nitrogen and oxygen atoms in total. The van der Waals surface area contributed by atoms with Gasteiger partial charge in [-0.15, -0.1) is 0 Å². The molecule has 2 atom stereocenters. The first-order chi connectivity index (χ1) is 8.65. The highest BCUT2D eigenvalue weighted by atomic mass is 79.9. The van der Waals surface area contributed by atoms with Crippen LogP contribution in [0.5, 0.6) is 0 Å². The highest BCUT2D eigenvalue weighted by Gasteiger charge is 2.31. The molecule has 0 amide bonds. The second-order valence-electron chi connectivity index (χ2n) is 5.91. The predicted octanol–water partition coefficient (Wildman–Crippen LogP) is 3.99. The standard InChI is InChI=1S/C14H20BrN3/c1-8-3-2-4-10(7-8)14-17-12(9-5-6-9)11(15)13(16)18-14/h8-10H,2-7H2,1H3,(H2,16,17,18). The van der Waals surface area contributed by atoms with Gasteiger partial charge in [0.1, 0.15) is 11.6 Å². The summed E-state index contributed by atoms with van der Waals surface area (Å²) in [4.78, 5) is 9.34. The Morgan fingerprint density at radius 3 is 2.56 bits per heavy atom. The van der Waals surface area contributed by atoms with Crippen molar-refractivity contribution in [2.45, 2.75) is 57.3 Å². The summed E-state index contributed by atoms with van der Waals surface area (Å²) in [6.07, 6.45) is 7.56. The minimum Gasteiger partial charge on any atom is -0.383 e. The number of nitrogens with zero attached hydrogens (tertiary/aromatic N) is 2. The zero-order valence-electron chi connectivity index (χ0n) is 10.8.